The summed E-state index contributed by atoms with van der Waals surface area (Å²) >= 11 is 0. The van der Waals surface area contributed by atoms with Gasteiger partial charge < -0.3 is 0 Å². The molecule has 1 aromatic rings. The van der Waals surface area contributed by atoms with Crippen LogP contribution in [0.5, 0.6) is 0 Å². The Morgan fingerprint density at radius 1 is 1.24 bits per heavy atom. The molecule has 0 saturated heterocycles. The molecule has 90 valence electrons. The van der Waals surface area contributed by atoms with Gasteiger partial charge in [0.25, 0.3) is 0 Å². The molecule has 1 aromatic carbocycles. The normalized spacial score (nSPS) is 25.1. The first-order valence-electron chi connectivity index (χ1n) is 5.52. The van der Waals surface area contributed by atoms with Gasteiger partial charge in [-0.3, -0.25) is 9.59 Å². The summed E-state index contributed by atoms with van der Waals surface area (Å²) in [5.74, 6) is -3.40. The smallest absolute Gasteiger partial charge is 0.150 e. The number of ketones is 2. The molecule has 0 radical (unpaired) electrons. The Labute approximate surface area is 97.6 Å². The summed E-state index contributed by atoms with van der Waals surface area (Å²) in [6.45, 7) is 1.73. The lowest BCUT2D eigenvalue weighted by atomic mass is 9.76. The highest BCUT2D eigenvalue weighted by Crippen LogP contribution is 2.32. The summed E-state index contributed by atoms with van der Waals surface area (Å²) in [5, 5.41) is 0. The van der Waals surface area contributed by atoms with Crippen LogP contribution in [0.4, 0.5) is 8.78 Å². The van der Waals surface area contributed by atoms with Crippen LogP contribution in [-0.4, -0.2) is 11.6 Å². The monoisotopic (exact) mass is 238 g/mol. The average molecular weight is 238 g/mol. The maximum Gasteiger partial charge on any atom is 0.150 e. The topological polar surface area (TPSA) is 34.1 Å². The molecular formula is C13H12F2O2. The molecule has 0 aromatic heterocycles. The van der Waals surface area contributed by atoms with E-state index in [1.165, 1.54) is 6.07 Å². The third kappa shape index (κ3) is 2.12. The van der Waals surface area contributed by atoms with Gasteiger partial charge in [0.05, 0.1) is 0 Å². The van der Waals surface area contributed by atoms with E-state index < -0.39 is 17.6 Å². The molecule has 1 aliphatic carbocycles. The van der Waals surface area contributed by atoms with E-state index in [1.807, 2.05) is 0 Å². The van der Waals surface area contributed by atoms with Crippen molar-refractivity contribution >= 4 is 11.6 Å². The molecule has 0 heterocycles. The number of carbonyl (C=O) groups is 2. The number of benzene rings is 1. The number of Topliss-reactive ketones (excluding diaryl/α,β-unsaturated/α-hetero) is 2. The first kappa shape index (κ1) is 11.9. The number of hydrogen-bond acceptors (Lipinski definition) is 2. The van der Waals surface area contributed by atoms with Crippen LogP contribution in [0.3, 0.4) is 0 Å². The Morgan fingerprint density at radius 2 is 1.94 bits per heavy atom. The van der Waals surface area contributed by atoms with Gasteiger partial charge in [-0.15, -0.1) is 0 Å². The molecule has 2 unspecified atom stereocenters. The molecule has 2 atom stereocenters. The second-order valence-corrected chi connectivity index (χ2v) is 4.41. The fourth-order valence-electron chi connectivity index (χ4n) is 2.15. The molecule has 0 N–H and O–H groups in total. The van der Waals surface area contributed by atoms with Crippen LogP contribution in [0.25, 0.3) is 0 Å². The predicted molar refractivity (Wildman–Crippen MR) is 57.5 cm³/mol. The van der Waals surface area contributed by atoms with Crippen molar-refractivity contribution in [2.24, 2.45) is 5.92 Å². The molecule has 0 amide bonds. The summed E-state index contributed by atoms with van der Waals surface area (Å²) in [6, 6.07) is 2.95. The third-order valence-corrected chi connectivity index (χ3v) is 3.19. The van der Waals surface area contributed by atoms with E-state index in [2.05, 4.69) is 0 Å². The molecule has 1 aliphatic rings. The van der Waals surface area contributed by atoms with Crippen LogP contribution in [0, 0.1) is 17.6 Å². The van der Waals surface area contributed by atoms with Crippen molar-refractivity contribution in [1.29, 1.82) is 0 Å². The largest absolute Gasteiger partial charge is 0.299 e. The number of hydrogen-bond donors (Lipinski definition) is 0. The summed E-state index contributed by atoms with van der Waals surface area (Å²) in [5.41, 5.74) is -0.00653. The lowest BCUT2D eigenvalue weighted by Gasteiger charge is -2.24. The molecule has 2 rings (SSSR count). The third-order valence-electron chi connectivity index (χ3n) is 3.19. The maximum absolute atomic E-state index is 13.6. The van der Waals surface area contributed by atoms with Crippen LogP contribution in [-0.2, 0) is 9.59 Å². The number of halogens is 2. The number of carbonyl (C=O) groups excluding carboxylic acids is 2. The molecule has 0 bridgehead atoms. The first-order chi connectivity index (χ1) is 8.00. The van der Waals surface area contributed by atoms with Crippen molar-refractivity contribution in [1.82, 2.24) is 0 Å². The Morgan fingerprint density at radius 3 is 2.59 bits per heavy atom. The van der Waals surface area contributed by atoms with Gasteiger partial charge in [-0.2, -0.15) is 0 Å². The zero-order chi connectivity index (χ0) is 12.6. The van der Waals surface area contributed by atoms with Crippen molar-refractivity contribution < 1.29 is 18.4 Å². The van der Waals surface area contributed by atoms with Gasteiger partial charge in [-0.1, -0.05) is 13.0 Å². The second kappa shape index (κ2) is 4.35. The lowest BCUT2D eigenvalue weighted by molar-refractivity contribution is -0.134. The summed E-state index contributed by atoms with van der Waals surface area (Å²) < 4.78 is 26.3. The van der Waals surface area contributed by atoms with Crippen molar-refractivity contribution in [3.63, 3.8) is 0 Å². The Kier molecular flexibility index (Phi) is 3.05. The van der Waals surface area contributed by atoms with Crippen LogP contribution < -0.4 is 0 Å². The van der Waals surface area contributed by atoms with E-state index in [0.717, 1.165) is 6.07 Å². The Bertz CT molecular complexity index is 482. The first-order valence-corrected chi connectivity index (χ1v) is 5.52. The molecule has 1 fully saturated rings. The Hall–Kier alpha value is -1.58. The van der Waals surface area contributed by atoms with Gasteiger partial charge >= 0.3 is 0 Å². The van der Waals surface area contributed by atoms with E-state index in [4.69, 9.17) is 0 Å². The van der Waals surface area contributed by atoms with Crippen LogP contribution >= 0.6 is 0 Å². The zero-order valence-corrected chi connectivity index (χ0v) is 9.37. The SMILES string of the molecule is CC1CCC(=O)C(c2ccc(F)cc2F)C1=O. The van der Waals surface area contributed by atoms with Gasteiger partial charge in [-0.25, -0.2) is 8.78 Å². The highest BCUT2D eigenvalue weighted by atomic mass is 19.1. The maximum atomic E-state index is 13.6. The predicted octanol–water partition coefficient (Wildman–Crippen LogP) is 2.62. The molecule has 2 nitrogen and oxygen atoms in total. The lowest BCUT2D eigenvalue weighted by Crippen LogP contribution is -2.32. The van der Waals surface area contributed by atoms with Gasteiger partial charge in [0.1, 0.15) is 23.3 Å². The molecule has 0 spiro atoms. The van der Waals surface area contributed by atoms with E-state index in [0.29, 0.717) is 12.5 Å². The Balaban J connectivity index is 2.43. The van der Waals surface area contributed by atoms with E-state index in [-0.39, 0.29) is 29.5 Å². The number of rotatable bonds is 1. The van der Waals surface area contributed by atoms with Crippen LogP contribution in [0.2, 0.25) is 0 Å². The van der Waals surface area contributed by atoms with Gasteiger partial charge in [0.15, 0.2) is 5.78 Å². The summed E-state index contributed by atoms with van der Waals surface area (Å²) in [7, 11) is 0. The van der Waals surface area contributed by atoms with Crippen LogP contribution in [0.1, 0.15) is 31.2 Å². The quantitative estimate of drug-likeness (QED) is 0.705. The molecular weight excluding hydrogens is 226 g/mol. The van der Waals surface area contributed by atoms with Gasteiger partial charge in [0.2, 0.25) is 0 Å². The highest BCUT2D eigenvalue weighted by molar-refractivity contribution is 6.10. The van der Waals surface area contributed by atoms with Crippen LogP contribution in [0.15, 0.2) is 18.2 Å². The van der Waals surface area contributed by atoms with E-state index in [9.17, 15) is 18.4 Å². The summed E-state index contributed by atoms with van der Waals surface area (Å²) in [4.78, 5) is 23.6. The average Bonchev–Trinajstić information content (AvgIpc) is 2.27. The minimum atomic E-state index is -1.06. The molecule has 0 aliphatic heterocycles. The summed E-state index contributed by atoms with van der Waals surface area (Å²) in [6.07, 6.45) is 0.783. The van der Waals surface area contributed by atoms with Crippen molar-refractivity contribution in [3.05, 3.63) is 35.4 Å². The highest BCUT2D eigenvalue weighted by Gasteiger charge is 2.37. The minimum Gasteiger partial charge on any atom is -0.299 e. The van der Waals surface area contributed by atoms with Crippen molar-refractivity contribution in [2.45, 2.75) is 25.7 Å². The standard InChI is InChI=1S/C13H12F2O2/c1-7-2-5-11(16)12(13(7)17)9-4-3-8(14)6-10(9)15/h3-4,6-7,12H,2,5H2,1H3. The fourth-order valence-corrected chi connectivity index (χ4v) is 2.15. The van der Waals surface area contributed by atoms with Crippen molar-refractivity contribution in [2.75, 3.05) is 0 Å². The molecule has 4 heteroatoms. The van der Waals surface area contributed by atoms with E-state index in [1.54, 1.807) is 6.92 Å². The van der Waals surface area contributed by atoms with Gasteiger partial charge in [-0.05, 0) is 12.5 Å². The van der Waals surface area contributed by atoms with E-state index >= 15 is 0 Å². The zero-order valence-electron chi connectivity index (χ0n) is 9.37. The van der Waals surface area contributed by atoms with Crippen molar-refractivity contribution in [3.8, 4) is 0 Å². The minimum absolute atomic E-state index is 0.00653. The second-order valence-electron chi connectivity index (χ2n) is 4.41. The fraction of sp³-hybridized carbons (Fsp3) is 0.385. The molecule has 1 saturated carbocycles. The van der Waals surface area contributed by atoms with Gasteiger partial charge in [0, 0.05) is 24.0 Å². The molecule has 17 heavy (non-hydrogen) atoms.